The second-order valence-corrected chi connectivity index (χ2v) is 8.05. The van der Waals surface area contributed by atoms with Crippen LogP contribution in [0.4, 0.5) is 5.69 Å². The molecule has 2 amide bonds. The topological polar surface area (TPSA) is 88.1 Å². The zero-order valence-corrected chi connectivity index (χ0v) is 19.4. The van der Waals surface area contributed by atoms with Gasteiger partial charge >= 0.3 is 6.01 Å². The number of hydrogen-bond donors (Lipinski definition) is 0. The summed E-state index contributed by atoms with van der Waals surface area (Å²) in [6.07, 6.45) is 3.16. The average molecular weight is 462 g/mol. The molecule has 0 saturated carbocycles. The molecule has 1 aromatic heterocycles. The number of methoxy groups -OCH3 is 1. The van der Waals surface area contributed by atoms with Gasteiger partial charge in [-0.2, -0.15) is 0 Å². The van der Waals surface area contributed by atoms with Crippen molar-refractivity contribution in [1.82, 2.24) is 19.8 Å². The van der Waals surface area contributed by atoms with Gasteiger partial charge in [0.05, 0.1) is 7.11 Å². The molecule has 1 saturated heterocycles. The fraction of sp³-hybridized carbons (Fsp3) is 0.280. The van der Waals surface area contributed by atoms with Crippen LogP contribution in [0.25, 0.3) is 0 Å². The van der Waals surface area contributed by atoms with E-state index in [1.54, 1.807) is 68.8 Å². The number of ether oxygens (including phenoxy) is 2. The fourth-order valence-corrected chi connectivity index (χ4v) is 3.86. The highest BCUT2D eigenvalue weighted by Crippen LogP contribution is 2.25. The van der Waals surface area contributed by atoms with E-state index in [1.807, 2.05) is 24.3 Å². The first kappa shape index (κ1) is 23.0. The van der Waals surface area contributed by atoms with Gasteiger partial charge in [-0.25, -0.2) is 9.97 Å². The summed E-state index contributed by atoms with van der Waals surface area (Å²) in [5.41, 5.74) is 1.41. The molecule has 9 nitrogen and oxygen atoms in total. The molecule has 3 aromatic rings. The molecule has 1 atom stereocenters. The number of aromatic nitrogens is 2. The molecule has 0 N–H and O–H groups in total. The van der Waals surface area contributed by atoms with Crippen LogP contribution in [0, 0.1) is 0 Å². The van der Waals surface area contributed by atoms with Crippen molar-refractivity contribution in [2.45, 2.75) is 6.04 Å². The molecule has 0 aliphatic carbocycles. The van der Waals surface area contributed by atoms with Gasteiger partial charge in [0.2, 0.25) is 5.91 Å². The van der Waals surface area contributed by atoms with Crippen molar-refractivity contribution in [3.63, 3.8) is 0 Å². The molecular weight excluding hydrogens is 434 g/mol. The van der Waals surface area contributed by atoms with Crippen molar-refractivity contribution >= 4 is 17.5 Å². The predicted molar refractivity (Wildman–Crippen MR) is 127 cm³/mol. The molecular formula is C25H27N5O4. The van der Waals surface area contributed by atoms with E-state index in [0.717, 1.165) is 11.4 Å². The maximum absolute atomic E-state index is 13.5. The van der Waals surface area contributed by atoms with E-state index in [0.29, 0.717) is 30.9 Å². The van der Waals surface area contributed by atoms with Crippen LogP contribution >= 0.6 is 0 Å². The molecule has 2 heterocycles. The summed E-state index contributed by atoms with van der Waals surface area (Å²) in [5.74, 6) is 0.858. The number of hydrogen-bond acceptors (Lipinski definition) is 7. The maximum Gasteiger partial charge on any atom is 0.321 e. The Hall–Kier alpha value is -4.14. The van der Waals surface area contributed by atoms with E-state index >= 15 is 0 Å². The predicted octanol–water partition coefficient (Wildman–Crippen LogP) is 2.70. The number of anilines is 1. The lowest BCUT2D eigenvalue weighted by molar-refractivity contribution is -0.133. The highest BCUT2D eigenvalue weighted by molar-refractivity contribution is 5.98. The highest BCUT2D eigenvalue weighted by Gasteiger charge is 2.36. The summed E-state index contributed by atoms with van der Waals surface area (Å²) in [7, 11) is 5.02. The van der Waals surface area contributed by atoms with Crippen molar-refractivity contribution < 1.29 is 19.1 Å². The van der Waals surface area contributed by atoms with Crippen molar-refractivity contribution in [3.05, 3.63) is 72.6 Å². The number of likely N-dealkylation sites (N-methyl/N-ethyl adjacent to an activating group) is 1. The molecule has 4 rings (SSSR count). The molecule has 1 aliphatic rings. The first-order chi connectivity index (χ1) is 16.5. The SMILES string of the molecule is COc1ccc(N2CCN(C(=O)c3cccc(Oc4ncccn4)c3)C(C(=O)N(C)C)C2)cc1. The largest absolute Gasteiger partial charge is 0.497 e. The lowest BCUT2D eigenvalue weighted by atomic mass is 10.1. The quantitative estimate of drug-likeness (QED) is 0.558. The first-order valence-corrected chi connectivity index (χ1v) is 10.9. The van der Waals surface area contributed by atoms with Gasteiger partial charge in [-0.15, -0.1) is 0 Å². The first-order valence-electron chi connectivity index (χ1n) is 10.9. The van der Waals surface area contributed by atoms with E-state index in [2.05, 4.69) is 14.9 Å². The van der Waals surface area contributed by atoms with Crippen LogP contribution in [0.1, 0.15) is 10.4 Å². The van der Waals surface area contributed by atoms with Crippen LogP contribution in [0.2, 0.25) is 0 Å². The summed E-state index contributed by atoms with van der Waals surface area (Å²) in [4.78, 5) is 39.9. The van der Waals surface area contributed by atoms with Gasteiger partial charge in [0, 0.05) is 57.4 Å². The Balaban J connectivity index is 1.55. The average Bonchev–Trinajstić information content (AvgIpc) is 2.88. The molecule has 1 aliphatic heterocycles. The van der Waals surface area contributed by atoms with E-state index < -0.39 is 6.04 Å². The van der Waals surface area contributed by atoms with Crippen LogP contribution < -0.4 is 14.4 Å². The third-order valence-corrected chi connectivity index (χ3v) is 5.64. The monoisotopic (exact) mass is 461 g/mol. The zero-order valence-electron chi connectivity index (χ0n) is 19.4. The van der Waals surface area contributed by atoms with Crippen LogP contribution in [-0.2, 0) is 4.79 Å². The summed E-state index contributed by atoms with van der Waals surface area (Å²) >= 11 is 0. The van der Waals surface area contributed by atoms with Gasteiger partial charge in [-0.3, -0.25) is 9.59 Å². The molecule has 34 heavy (non-hydrogen) atoms. The zero-order chi connectivity index (χ0) is 24.1. The van der Waals surface area contributed by atoms with Gasteiger partial charge < -0.3 is 24.2 Å². The third kappa shape index (κ3) is 5.09. The minimum atomic E-state index is -0.625. The van der Waals surface area contributed by atoms with Crippen molar-refractivity contribution in [2.75, 3.05) is 45.7 Å². The number of benzene rings is 2. The number of carbonyl (C=O) groups is 2. The minimum Gasteiger partial charge on any atom is -0.497 e. The molecule has 0 spiro atoms. The normalized spacial score (nSPS) is 15.6. The van der Waals surface area contributed by atoms with Gasteiger partial charge in [0.25, 0.3) is 5.91 Å². The Morgan fingerprint density at radius 2 is 1.71 bits per heavy atom. The molecule has 1 fully saturated rings. The third-order valence-electron chi connectivity index (χ3n) is 5.64. The molecule has 9 heteroatoms. The number of nitrogens with zero attached hydrogens (tertiary/aromatic N) is 5. The number of rotatable bonds is 6. The second-order valence-electron chi connectivity index (χ2n) is 8.05. The van der Waals surface area contributed by atoms with Gasteiger partial charge in [-0.05, 0) is 48.5 Å². The Bertz CT molecular complexity index is 1140. The summed E-state index contributed by atoms with van der Waals surface area (Å²) in [5, 5.41) is 0. The van der Waals surface area contributed by atoms with Crippen molar-refractivity contribution in [1.29, 1.82) is 0 Å². The minimum absolute atomic E-state index is 0.128. The fourth-order valence-electron chi connectivity index (χ4n) is 3.86. The Morgan fingerprint density at radius 3 is 2.38 bits per heavy atom. The molecule has 0 bridgehead atoms. The van der Waals surface area contributed by atoms with Gasteiger partial charge in [-0.1, -0.05) is 6.07 Å². The van der Waals surface area contributed by atoms with E-state index in [4.69, 9.17) is 9.47 Å². The number of amides is 2. The summed E-state index contributed by atoms with van der Waals surface area (Å²) in [6, 6.07) is 15.8. The second kappa shape index (κ2) is 10.2. The number of carbonyl (C=O) groups excluding carboxylic acids is 2. The Labute approximate surface area is 198 Å². The molecule has 1 unspecified atom stereocenters. The molecule has 0 radical (unpaired) electrons. The maximum atomic E-state index is 13.5. The van der Waals surface area contributed by atoms with Gasteiger partial charge in [0.1, 0.15) is 17.5 Å². The molecule has 176 valence electrons. The van der Waals surface area contributed by atoms with Crippen LogP contribution in [0.15, 0.2) is 67.0 Å². The van der Waals surface area contributed by atoms with Crippen molar-refractivity contribution in [3.8, 4) is 17.5 Å². The van der Waals surface area contributed by atoms with E-state index in [-0.39, 0.29) is 17.8 Å². The highest BCUT2D eigenvalue weighted by atomic mass is 16.5. The Kier molecular flexibility index (Phi) is 6.91. The lowest BCUT2D eigenvalue weighted by Gasteiger charge is -2.42. The van der Waals surface area contributed by atoms with Crippen LogP contribution in [-0.4, -0.2) is 78.5 Å². The van der Waals surface area contributed by atoms with Crippen LogP contribution in [0.5, 0.6) is 17.5 Å². The van der Waals surface area contributed by atoms with Gasteiger partial charge in [0.15, 0.2) is 0 Å². The Morgan fingerprint density at radius 1 is 0.971 bits per heavy atom. The smallest absolute Gasteiger partial charge is 0.321 e. The van der Waals surface area contributed by atoms with E-state index in [1.165, 1.54) is 4.90 Å². The summed E-state index contributed by atoms with van der Waals surface area (Å²) < 4.78 is 10.9. The summed E-state index contributed by atoms with van der Waals surface area (Å²) in [6.45, 7) is 1.40. The molecule has 2 aromatic carbocycles. The van der Waals surface area contributed by atoms with Crippen molar-refractivity contribution in [2.24, 2.45) is 0 Å². The standard InChI is InChI=1S/C25H27N5O4/c1-28(2)24(32)22-17-29(19-8-10-20(33-3)11-9-19)14-15-30(22)23(31)18-6-4-7-21(16-18)34-25-26-12-5-13-27-25/h4-13,16,22H,14-15,17H2,1-3H3. The van der Waals surface area contributed by atoms with Crippen LogP contribution in [0.3, 0.4) is 0 Å². The van der Waals surface area contributed by atoms with E-state index in [9.17, 15) is 9.59 Å². The number of piperazine rings is 1. The lowest BCUT2D eigenvalue weighted by Crippen LogP contribution is -2.60.